The quantitative estimate of drug-likeness (QED) is 0.646. The molecule has 4 heteroatoms. The molecule has 0 saturated heterocycles. The zero-order chi connectivity index (χ0) is 14.4. The summed E-state index contributed by atoms with van der Waals surface area (Å²) in [5.41, 5.74) is 15.0. The molecule has 0 amide bonds. The third-order valence-electron chi connectivity index (χ3n) is 4.43. The van der Waals surface area contributed by atoms with E-state index in [1.165, 1.54) is 19.3 Å². The van der Waals surface area contributed by atoms with Crippen molar-refractivity contribution in [1.82, 2.24) is 9.80 Å². The first-order valence-electron chi connectivity index (χ1n) is 7.42. The summed E-state index contributed by atoms with van der Waals surface area (Å²) < 4.78 is 0. The van der Waals surface area contributed by atoms with Gasteiger partial charge in [0.2, 0.25) is 0 Å². The van der Waals surface area contributed by atoms with Crippen molar-refractivity contribution in [3.63, 3.8) is 0 Å². The Labute approximate surface area is 118 Å². The van der Waals surface area contributed by atoms with E-state index in [4.69, 9.17) is 11.5 Å². The molecule has 0 heterocycles. The molecule has 2 atom stereocenters. The second-order valence-corrected chi connectivity index (χ2v) is 6.18. The topological polar surface area (TPSA) is 58.5 Å². The molecule has 0 aliphatic heterocycles. The van der Waals surface area contributed by atoms with Crippen molar-refractivity contribution in [2.45, 2.75) is 44.2 Å². The van der Waals surface area contributed by atoms with Crippen LogP contribution < -0.4 is 11.5 Å². The third-order valence-corrected chi connectivity index (χ3v) is 4.43. The predicted molar refractivity (Wildman–Crippen MR) is 83.2 cm³/mol. The molecule has 4 nitrogen and oxygen atoms in total. The van der Waals surface area contributed by atoms with E-state index in [0.29, 0.717) is 12.1 Å². The Morgan fingerprint density at radius 3 is 1.47 bits per heavy atom. The van der Waals surface area contributed by atoms with Crippen LogP contribution in [0.5, 0.6) is 0 Å². The summed E-state index contributed by atoms with van der Waals surface area (Å²) in [6.45, 7) is 1.47. The first-order chi connectivity index (χ1) is 8.99. The fourth-order valence-electron chi connectivity index (χ4n) is 2.88. The molecule has 19 heavy (non-hydrogen) atoms. The van der Waals surface area contributed by atoms with Gasteiger partial charge in [-0.1, -0.05) is 11.1 Å². The van der Waals surface area contributed by atoms with Crippen LogP contribution in [0.1, 0.15) is 32.1 Å². The zero-order valence-electron chi connectivity index (χ0n) is 13.2. The van der Waals surface area contributed by atoms with Gasteiger partial charge in [0, 0.05) is 25.2 Å². The van der Waals surface area contributed by atoms with Gasteiger partial charge in [-0.15, -0.1) is 0 Å². The van der Waals surface area contributed by atoms with Crippen LogP contribution in [0.15, 0.2) is 11.1 Å². The molecule has 1 aliphatic carbocycles. The number of nitrogens with two attached hydrogens (primary N) is 2. The van der Waals surface area contributed by atoms with E-state index in [9.17, 15) is 0 Å². The molecule has 0 radical (unpaired) electrons. The summed E-state index contributed by atoms with van der Waals surface area (Å²) in [6.07, 6.45) is 6.07. The highest BCUT2D eigenvalue weighted by molar-refractivity contribution is 5.21. The number of likely N-dealkylation sites (N-methyl/N-ethyl adjacent to an activating group) is 2. The van der Waals surface area contributed by atoms with E-state index in [0.717, 1.165) is 25.9 Å². The van der Waals surface area contributed by atoms with Crippen molar-refractivity contribution in [3.8, 4) is 0 Å². The van der Waals surface area contributed by atoms with E-state index in [2.05, 4.69) is 38.0 Å². The average molecular weight is 268 g/mol. The fourth-order valence-corrected chi connectivity index (χ4v) is 2.88. The van der Waals surface area contributed by atoms with Gasteiger partial charge in [-0.3, -0.25) is 0 Å². The molecule has 0 bridgehead atoms. The first kappa shape index (κ1) is 16.6. The van der Waals surface area contributed by atoms with E-state index in [1.807, 2.05) is 0 Å². The van der Waals surface area contributed by atoms with Gasteiger partial charge in [0.1, 0.15) is 0 Å². The van der Waals surface area contributed by atoms with Gasteiger partial charge in [-0.2, -0.15) is 0 Å². The van der Waals surface area contributed by atoms with Crippen LogP contribution in [0, 0.1) is 0 Å². The number of hydrogen-bond donors (Lipinski definition) is 2. The van der Waals surface area contributed by atoms with Crippen LogP contribution in [-0.4, -0.2) is 63.2 Å². The Morgan fingerprint density at radius 1 is 0.842 bits per heavy atom. The van der Waals surface area contributed by atoms with Crippen LogP contribution in [0.4, 0.5) is 0 Å². The predicted octanol–water partition coefficient (Wildman–Crippen LogP) is 1.02. The average Bonchev–Trinajstić information content (AvgIpc) is 2.79. The van der Waals surface area contributed by atoms with E-state index in [1.54, 1.807) is 11.1 Å². The van der Waals surface area contributed by atoms with Crippen LogP contribution in [-0.2, 0) is 0 Å². The Kier molecular flexibility index (Phi) is 7.00. The molecule has 1 rings (SSSR count). The lowest BCUT2D eigenvalue weighted by Crippen LogP contribution is -2.36. The number of nitrogens with zero attached hydrogens (tertiary/aromatic N) is 2. The summed E-state index contributed by atoms with van der Waals surface area (Å²) in [7, 11) is 8.48. The van der Waals surface area contributed by atoms with Crippen LogP contribution in [0.3, 0.4) is 0 Å². The van der Waals surface area contributed by atoms with Gasteiger partial charge < -0.3 is 21.3 Å². The maximum Gasteiger partial charge on any atom is 0.0249 e. The smallest absolute Gasteiger partial charge is 0.0249 e. The van der Waals surface area contributed by atoms with Crippen molar-refractivity contribution >= 4 is 0 Å². The van der Waals surface area contributed by atoms with Gasteiger partial charge in [0.25, 0.3) is 0 Å². The minimum atomic E-state index is 0.471. The normalized spacial score (nSPS) is 19.6. The van der Waals surface area contributed by atoms with E-state index in [-0.39, 0.29) is 0 Å². The second kappa shape index (κ2) is 8.00. The molecular weight excluding hydrogens is 236 g/mol. The zero-order valence-corrected chi connectivity index (χ0v) is 13.2. The molecule has 0 aromatic carbocycles. The summed E-state index contributed by atoms with van der Waals surface area (Å²) in [5.74, 6) is 0. The maximum atomic E-state index is 5.88. The van der Waals surface area contributed by atoms with Gasteiger partial charge in [0.05, 0.1) is 0 Å². The van der Waals surface area contributed by atoms with Gasteiger partial charge in [0.15, 0.2) is 0 Å². The first-order valence-corrected chi connectivity index (χ1v) is 7.42. The highest BCUT2D eigenvalue weighted by atomic mass is 15.1. The monoisotopic (exact) mass is 268 g/mol. The Morgan fingerprint density at radius 2 is 1.21 bits per heavy atom. The van der Waals surface area contributed by atoms with Crippen LogP contribution in [0.25, 0.3) is 0 Å². The van der Waals surface area contributed by atoms with Crippen molar-refractivity contribution in [2.24, 2.45) is 11.5 Å². The minimum Gasteiger partial charge on any atom is -0.329 e. The van der Waals surface area contributed by atoms with Gasteiger partial charge >= 0.3 is 0 Å². The molecule has 0 spiro atoms. The molecule has 112 valence electrons. The van der Waals surface area contributed by atoms with Crippen LogP contribution in [0.2, 0.25) is 0 Å². The maximum absolute atomic E-state index is 5.88. The number of hydrogen-bond acceptors (Lipinski definition) is 4. The summed E-state index contributed by atoms with van der Waals surface area (Å²) in [4.78, 5) is 4.49. The second-order valence-electron chi connectivity index (χ2n) is 6.18. The molecular formula is C15H32N4. The minimum absolute atomic E-state index is 0.471. The molecule has 1 aliphatic rings. The lowest BCUT2D eigenvalue weighted by Gasteiger charge is -2.26. The lowest BCUT2D eigenvalue weighted by atomic mass is 9.97. The Hall–Kier alpha value is -0.420. The van der Waals surface area contributed by atoms with Crippen molar-refractivity contribution in [3.05, 3.63) is 11.1 Å². The van der Waals surface area contributed by atoms with Gasteiger partial charge in [-0.05, 0) is 60.3 Å². The standard InChI is InChI=1S/C15H32N4/c1-18(2)14(10-16)8-12-6-5-7-13(12)9-15(11-17)19(3)4/h14-15H,5-11,16-17H2,1-4H3/t14-,15-/m0/s1. The van der Waals surface area contributed by atoms with E-state index < -0.39 is 0 Å². The molecule has 0 aromatic rings. The summed E-state index contributed by atoms with van der Waals surface area (Å²) in [5, 5.41) is 0. The summed E-state index contributed by atoms with van der Waals surface area (Å²) >= 11 is 0. The summed E-state index contributed by atoms with van der Waals surface area (Å²) in [6, 6.07) is 0.942. The van der Waals surface area contributed by atoms with E-state index >= 15 is 0 Å². The van der Waals surface area contributed by atoms with Crippen molar-refractivity contribution < 1.29 is 0 Å². The molecule has 4 N–H and O–H groups in total. The largest absolute Gasteiger partial charge is 0.329 e. The lowest BCUT2D eigenvalue weighted by molar-refractivity contribution is 0.290. The van der Waals surface area contributed by atoms with Crippen molar-refractivity contribution in [1.29, 1.82) is 0 Å². The third kappa shape index (κ3) is 4.88. The highest BCUT2D eigenvalue weighted by Gasteiger charge is 2.21. The SMILES string of the molecule is CN(C)[C@H](CN)CC1=C(C[C@@H](CN)N(C)C)CCC1. The van der Waals surface area contributed by atoms with Crippen LogP contribution >= 0.6 is 0 Å². The molecule has 0 unspecified atom stereocenters. The number of rotatable bonds is 8. The highest BCUT2D eigenvalue weighted by Crippen LogP contribution is 2.33. The Balaban J connectivity index is 2.70. The Bertz CT molecular complexity index is 269. The molecule has 0 aromatic heterocycles. The van der Waals surface area contributed by atoms with Crippen molar-refractivity contribution in [2.75, 3.05) is 41.3 Å². The molecule has 0 fully saturated rings. The molecule has 0 saturated carbocycles. The van der Waals surface area contributed by atoms with Gasteiger partial charge in [-0.25, -0.2) is 0 Å². The fraction of sp³-hybridized carbons (Fsp3) is 0.867.